The van der Waals surface area contributed by atoms with Crippen molar-refractivity contribution in [1.29, 1.82) is 0 Å². The molecule has 2 nitrogen and oxygen atoms in total. The van der Waals surface area contributed by atoms with E-state index in [0.717, 1.165) is 17.5 Å². The summed E-state index contributed by atoms with van der Waals surface area (Å²) in [4.78, 5) is 0. The van der Waals surface area contributed by atoms with Gasteiger partial charge in [0.05, 0.1) is 12.7 Å². The molecule has 0 heterocycles. The molecule has 2 aliphatic carbocycles. The zero-order chi connectivity index (χ0) is 11.8. The fraction of sp³-hybridized carbons (Fsp3) is 0.571. The molecule has 0 saturated heterocycles. The Kier molecular flexibility index (Phi) is 2.89. The van der Waals surface area contributed by atoms with Crippen LogP contribution in [-0.4, -0.2) is 12.6 Å². The van der Waals surface area contributed by atoms with Crippen molar-refractivity contribution in [3.8, 4) is 0 Å². The summed E-state index contributed by atoms with van der Waals surface area (Å²) in [5, 5.41) is 0. The molecular weight excluding hydrogens is 217 g/mol. The average molecular weight is 235 g/mol. The molecule has 2 aliphatic rings. The van der Waals surface area contributed by atoms with Gasteiger partial charge >= 0.3 is 0 Å². The molecule has 0 radical (unpaired) electrons. The number of halogens is 1. The van der Waals surface area contributed by atoms with Crippen molar-refractivity contribution in [1.82, 2.24) is 0 Å². The van der Waals surface area contributed by atoms with Crippen LogP contribution in [0.4, 0.5) is 4.39 Å². The van der Waals surface area contributed by atoms with E-state index in [9.17, 15) is 4.39 Å². The largest absolute Gasteiger partial charge is 0.374 e. The Balaban J connectivity index is 1.75. The van der Waals surface area contributed by atoms with Crippen molar-refractivity contribution >= 4 is 0 Å². The van der Waals surface area contributed by atoms with E-state index in [1.54, 1.807) is 6.07 Å². The molecule has 1 aromatic rings. The Morgan fingerprint density at radius 3 is 2.82 bits per heavy atom. The molecule has 2 fully saturated rings. The quantitative estimate of drug-likeness (QED) is 0.851. The number of ether oxygens (including phenoxy) is 1. The Morgan fingerprint density at radius 1 is 1.35 bits per heavy atom. The molecule has 2 atom stereocenters. The smallest absolute Gasteiger partial charge is 0.123 e. The lowest BCUT2D eigenvalue weighted by molar-refractivity contribution is 0.105. The number of hydrogen-bond acceptors (Lipinski definition) is 2. The molecule has 3 heteroatoms. The summed E-state index contributed by atoms with van der Waals surface area (Å²) in [5.74, 6) is 0.836. The van der Waals surface area contributed by atoms with Crippen LogP contribution in [0.5, 0.6) is 0 Å². The Morgan fingerprint density at radius 2 is 2.18 bits per heavy atom. The van der Waals surface area contributed by atoms with Gasteiger partial charge < -0.3 is 10.5 Å². The standard InChI is InChI=1S/C14H18FNO/c15-11-2-1-9(8-17-12-3-4-12)14(6-11)13-5-10(13)7-16/h1-2,6,10,12-13H,3-5,7-8,16H2/t10-,13+/m1/s1. The zero-order valence-electron chi connectivity index (χ0n) is 9.86. The lowest BCUT2D eigenvalue weighted by Gasteiger charge is -2.10. The monoisotopic (exact) mass is 235 g/mol. The summed E-state index contributed by atoms with van der Waals surface area (Å²) < 4.78 is 19.0. The van der Waals surface area contributed by atoms with Crippen molar-refractivity contribution < 1.29 is 9.13 Å². The van der Waals surface area contributed by atoms with Gasteiger partial charge in [-0.3, -0.25) is 0 Å². The lowest BCUT2D eigenvalue weighted by atomic mass is 10.0. The summed E-state index contributed by atoms with van der Waals surface area (Å²) in [6.45, 7) is 1.32. The first kappa shape index (κ1) is 11.2. The first-order valence-electron chi connectivity index (χ1n) is 6.38. The third-order valence-corrected chi connectivity index (χ3v) is 3.73. The van der Waals surface area contributed by atoms with Crippen LogP contribution in [0.25, 0.3) is 0 Å². The highest BCUT2D eigenvalue weighted by atomic mass is 19.1. The molecule has 0 aliphatic heterocycles. The van der Waals surface area contributed by atoms with Gasteiger partial charge in [0.1, 0.15) is 5.82 Å². The maximum absolute atomic E-state index is 13.3. The molecule has 92 valence electrons. The van der Waals surface area contributed by atoms with E-state index in [2.05, 4.69) is 0 Å². The van der Waals surface area contributed by atoms with E-state index in [1.807, 2.05) is 6.07 Å². The zero-order valence-corrected chi connectivity index (χ0v) is 9.86. The van der Waals surface area contributed by atoms with E-state index in [1.165, 1.54) is 18.9 Å². The second-order valence-corrected chi connectivity index (χ2v) is 5.19. The number of rotatable bonds is 5. The molecular formula is C14H18FNO. The normalized spacial score (nSPS) is 27.2. The lowest BCUT2D eigenvalue weighted by Crippen LogP contribution is -2.04. The fourth-order valence-electron chi connectivity index (χ4n) is 2.37. The van der Waals surface area contributed by atoms with Crippen molar-refractivity contribution in [3.63, 3.8) is 0 Å². The fourth-order valence-corrected chi connectivity index (χ4v) is 2.37. The van der Waals surface area contributed by atoms with Gasteiger partial charge in [0.25, 0.3) is 0 Å². The minimum atomic E-state index is -0.155. The van der Waals surface area contributed by atoms with Crippen molar-refractivity contribution in [2.45, 2.75) is 37.9 Å². The Bertz CT molecular complexity index is 417. The molecule has 0 aromatic heterocycles. The molecule has 2 saturated carbocycles. The predicted molar refractivity (Wildman–Crippen MR) is 64.1 cm³/mol. The van der Waals surface area contributed by atoms with Crippen LogP contribution in [0.2, 0.25) is 0 Å². The van der Waals surface area contributed by atoms with Crippen LogP contribution in [0.3, 0.4) is 0 Å². The van der Waals surface area contributed by atoms with Gasteiger partial charge in [0.15, 0.2) is 0 Å². The Labute approximate surface area is 101 Å². The molecule has 3 rings (SSSR count). The molecule has 0 spiro atoms. The van der Waals surface area contributed by atoms with Gasteiger partial charge in [-0.1, -0.05) is 6.07 Å². The third kappa shape index (κ3) is 2.50. The van der Waals surface area contributed by atoms with Crippen LogP contribution in [-0.2, 0) is 11.3 Å². The molecule has 17 heavy (non-hydrogen) atoms. The summed E-state index contributed by atoms with van der Waals surface area (Å²) in [5.41, 5.74) is 7.91. The van der Waals surface area contributed by atoms with Gasteiger partial charge in [-0.2, -0.15) is 0 Å². The summed E-state index contributed by atoms with van der Waals surface area (Å²) in [7, 11) is 0. The van der Waals surface area contributed by atoms with E-state index < -0.39 is 0 Å². The Hall–Kier alpha value is -0.930. The highest BCUT2D eigenvalue weighted by molar-refractivity contribution is 5.35. The molecule has 0 bridgehead atoms. The predicted octanol–water partition coefficient (Wildman–Crippen LogP) is 2.57. The SMILES string of the molecule is NC[C@H]1C[C@@H]1c1cc(F)ccc1COC1CC1. The van der Waals surface area contributed by atoms with Gasteiger partial charge in [-0.25, -0.2) is 4.39 Å². The third-order valence-electron chi connectivity index (χ3n) is 3.73. The van der Waals surface area contributed by atoms with Gasteiger partial charge in [-0.15, -0.1) is 0 Å². The van der Waals surface area contributed by atoms with Gasteiger partial charge in [0.2, 0.25) is 0 Å². The second-order valence-electron chi connectivity index (χ2n) is 5.19. The maximum atomic E-state index is 13.3. The number of nitrogens with two attached hydrogens (primary N) is 1. The van der Waals surface area contributed by atoms with Crippen molar-refractivity contribution in [3.05, 3.63) is 35.1 Å². The first-order chi connectivity index (χ1) is 8.28. The van der Waals surface area contributed by atoms with E-state index >= 15 is 0 Å². The van der Waals surface area contributed by atoms with Crippen molar-refractivity contribution in [2.24, 2.45) is 11.7 Å². The van der Waals surface area contributed by atoms with E-state index in [0.29, 0.717) is 31.1 Å². The molecule has 2 N–H and O–H groups in total. The number of benzene rings is 1. The van der Waals surface area contributed by atoms with Crippen LogP contribution in [0.15, 0.2) is 18.2 Å². The van der Waals surface area contributed by atoms with Crippen LogP contribution < -0.4 is 5.73 Å². The minimum absolute atomic E-state index is 0.155. The molecule has 0 unspecified atom stereocenters. The average Bonchev–Trinajstić information content (AvgIpc) is 3.21. The highest BCUT2D eigenvalue weighted by Crippen LogP contribution is 2.48. The van der Waals surface area contributed by atoms with Crippen molar-refractivity contribution in [2.75, 3.05) is 6.54 Å². The van der Waals surface area contributed by atoms with Crippen LogP contribution >= 0.6 is 0 Å². The van der Waals surface area contributed by atoms with Gasteiger partial charge in [0, 0.05) is 0 Å². The first-order valence-corrected chi connectivity index (χ1v) is 6.38. The van der Waals surface area contributed by atoms with Crippen LogP contribution in [0, 0.1) is 11.7 Å². The topological polar surface area (TPSA) is 35.2 Å². The summed E-state index contributed by atoms with van der Waals surface area (Å²) in [6, 6.07) is 5.04. The summed E-state index contributed by atoms with van der Waals surface area (Å²) >= 11 is 0. The van der Waals surface area contributed by atoms with E-state index in [-0.39, 0.29) is 5.82 Å². The number of hydrogen-bond donors (Lipinski definition) is 1. The molecule has 1 aromatic carbocycles. The maximum Gasteiger partial charge on any atom is 0.123 e. The van der Waals surface area contributed by atoms with E-state index in [4.69, 9.17) is 10.5 Å². The highest BCUT2D eigenvalue weighted by Gasteiger charge is 2.38. The summed E-state index contributed by atoms with van der Waals surface area (Å²) in [6.07, 6.45) is 3.88. The van der Waals surface area contributed by atoms with Crippen LogP contribution in [0.1, 0.15) is 36.3 Å². The molecule has 0 amide bonds. The van der Waals surface area contributed by atoms with Gasteiger partial charge in [-0.05, 0) is 60.9 Å². The minimum Gasteiger partial charge on any atom is -0.374 e. The second kappa shape index (κ2) is 4.39.